The summed E-state index contributed by atoms with van der Waals surface area (Å²) in [6.07, 6.45) is 3.03. The van der Waals surface area contributed by atoms with Crippen LogP contribution in [0.2, 0.25) is 0 Å². The molecule has 4 aromatic carbocycles. The summed E-state index contributed by atoms with van der Waals surface area (Å²) in [6.45, 7) is 2.92. The molecule has 2 atom stereocenters. The first-order valence-corrected chi connectivity index (χ1v) is 12.8. The zero-order valence-electron chi connectivity index (χ0n) is 21.0. The van der Waals surface area contributed by atoms with Crippen molar-refractivity contribution in [2.24, 2.45) is 0 Å². The van der Waals surface area contributed by atoms with Crippen LogP contribution in [-0.2, 0) is 17.8 Å². The van der Waals surface area contributed by atoms with Gasteiger partial charge in [-0.2, -0.15) is 0 Å². The Kier molecular flexibility index (Phi) is 7.46. The lowest BCUT2D eigenvalue weighted by atomic mass is 9.87. The zero-order chi connectivity index (χ0) is 25.6. The molecule has 0 aliphatic rings. The van der Waals surface area contributed by atoms with E-state index in [0.717, 1.165) is 39.7 Å². The van der Waals surface area contributed by atoms with Crippen molar-refractivity contribution < 1.29 is 9.18 Å². The van der Waals surface area contributed by atoms with Crippen LogP contribution in [-0.4, -0.2) is 10.5 Å². The molecule has 5 rings (SSSR count). The Balaban J connectivity index is 1.48. The van der Waals surface area contributed by atoms with Crippen molar-refractivity contribution in [2.45, 2.75) is 38.3 Å². The fourth-order valence-electron chi connectivity index (χ4n) is 5.17. The topological polar surface area (TPSA) is 34.0 Å². The Morgan fingerprint density at radius 2 is 1.51 bits per heavy atom. The number of rotatable bonds is 9. The van der Waals surface area contributed by atoms with E-state index < -0.39 is 0 Å². The lowest BCUT2D eigenvalue weighted by molar-refractivity contribution is -0.122. The minimum Gasteiger partial charge on any atom is -0.349 e. The molecule has 1 amide bonds. The molecule has 0 spiro atoms. The van der Waals surface area contributed by atoms with Crippen molar-refractivity contribution in [2.75, 3.05) is 0 Å². The molecule has 0 saturated carbocycles. The highest BCUT2D eigenvalue weighted by Crippen LogP contribution is 2.35. The second-order valence-electron chi connectivity index (χ2n) is 9.42. The molecular weight excluding hydrogens is 459 g/mol. The lowest BCUT2D eigenvalue weighted by Gasteiger charge is -2.22. The number of nitrogens with one attached hydrogen (secondary N) is 1. The van der Waals surface area contributed by atoms with Gasteiger partial charge in [-0.3, -0.25) is 4.79 Å². The first-order valence-electron chi connectivity index (χ1n) is 12.8. The molecular formula is C33H31FN2O. The molecule has 5 aromatic rings. The van der Waals surface area contributed by atoms with Gasteiger partial charge in [-0.05, 0) is 53.8 Å². The number of halogens is 1. The Labute approximate surface area is 217 Å². The van der Waals surface area contributed by atoms with Gasteiger partial charge in [-0.25, -0.2) is 4.39 Å². The predicted octanol–water partition coefficient (Wildman–Crippen LogP) is 7.42. The van der Waals surface area contributed by atoms with E-state index >= 15 is 0 Å². The molecule has 0 fully saturated rings. The molecule has 0 aliphatic heterocycles. The summed E-state index contributed by atoms with van der Waals surface area (Å²) in [6, 6.07) is 34.9. The smallest absolute Gasteiger partial charge is 0.221 e. The molecule has 3 nitrogen and oxygen atoms in total. The number of para-hydroxylation sites is 1. The number of amides is 1. The number of aromatic nitrogens is 1. The largest absolute Gasteiger partial charge is 0.349 e. The summed E-state index contributed by atoms with van der Waals surface area (Å²) in [5.74, 6) is -0.637. The molecule has 0 radical (unpaired) electrons. The normalized spacial score (nSPS) is 12.8. The first kappa shape index (κ1) is 24.5. The third kappa shape index (κ3) is 5.64. The van der Waals surface area contributed by atoms with Gasteiger partial charge in [0.2, 0.25) is 5.91 Å². The van der Waals surface area contributed by atoms with Gasteiger partial charge in [0.15, 0.2) is 0 Å². The van der Waals surface area contributed by atoms with E-state index in [-0.39, 0.29) is 30.1 Å². The minimum absolute atomic E-state index is 0.0626. The molecule has 37 heavy (non-hydrogen) atoms. The van der Waals surface area contributed by atoms with Gasteiger partial charge in [0.1, 0.15) is 5.82 Å². The second kappa shape index (κ2) is 11.3. The number of aryl methyl sites for hydroxylation is 1. The summed E-state index contributed by atoms with van der Waals surface area (Å²) in [7, 11) is 0. The van der Waals surface area contributed by atoms with Crippen molar-refractivity contribution in [3.63, 3.8) is 0 Å². The fraction of sp³-hybridized carbons (Fsp3) is 0.182. The maximum atomic E-state index is 14.3. The molecule has 186 valence electrons. The van der Waals surface area contributed by atoms with E-state index in [2.05, 4.69) is 47.3 Å². The summed E-state index contributed by atoms with van der Waals surface area (Å²) in [5.41, 5.74) is 5.17. The summed E-state index contributed by atoms with van der Waals surface area (Å²) < 4.78 is 16.5. The quantitative estimate of drug-likeness (QED) is 0.229. The van der Waals surface area contributed by atoms with Crippen molar-refractivity contribution in [1.82, 2.24) is 9.88 Å². The third-order valence-corrected chi connectivity index (χ3v) is 7.00. The van der Waals surface area contributed by atoms with Crippen LogP contribution in [0.25, 0.3) is 10.9 Å². The van der Waals surface area contributed by atoms with Crippen LogP contribution in [0.4, 0.5) is 4.39 Å². The number of hydrogen-bond acceptors (Lipinski definition) is 1. The average Bonchev–Trinajstić information content (AvgIpc) is 3.31. The molecule has 1 aromatic heterocycles. The highest BCUT2D eigenvalue weighted by atomic mass is 19.1. The van der Waals surface area contributed by atoms with Gasteiger partial charge in [0, 0.05) is 36.0 Å². The van der Waals surface area contributed by atoms with Crippen molar-refractivity contribution in [3.8, 4) is 0 Å². The van der Waals surface area contributed by atoms with Crippen molar-refractivity contribution in [1.29, 1.82) is 0 Å². The Bertz CT molecular complexity index is 1480. The summed E-state index contributed by atoms with van der Waals surface area (Å²) in [4.78, 5) is 13.7. The Morgan fingerprint density at radius 3 is 2.24 bits per heavy atom. The predicted molar refractivity (Wildman–Crippen MR) is 148 cm³/mol. The molecule has 1 heterocycles. The maximum absolute atomic E-state index is 14.3. The molecule has 0 unspecified atom stereocenters. The molecule has 0 saturated heterocycles. The van der Waals surface area contributed by atoms with Crippen molar-refractivity contribution in [3.05, 3.63) is 143 Å². The summed E-state index contributed by atoms with van der Waals surface area (Å²) >= 11 is 0. The average molecular weight is 491 g/mol. The van der Waals surface area contributed by atoms with Crippen molar-refractivity contribution >= 4 is 16.8 Å². The van der Waals surface area contributed by atoms with Gasteiger partial charge in [0.05, 0.1) is 6.04 Å². The van der Waals surface area contributed by atoms with E-state index in [1.807, 2.05) is 66.7 Å². The highest BCUT2D eigenvalue weighted by molar-refractivity contribution is 5.86. The van der Waals surface area contributed by atoms with E-state index in [0.29, 0.717) is 6.42 Å². The van der Waals surface area contributed by atoms with Crippen LogP contribution < -0.4 is 5.32 Å². The van der Waals surface area contributed by atoms with Gasteiger partial charge in [0.25, 0.3) is 0 Å². The van der Waals surface area contributed by atoms with Crippen LogP contribution >= 0.6 is 0 Å². The Morgan fingerprint density at radius 1 is 0.838 bits per heavy atom. The van der Waals surface area contributed by atoms with Crippen LogP contribution in [0.5, 0.6) is 0 Å². The number of carbonyl (C=O) groups excluding carboxylic acids is 1. The van der Waals surface area contributed by atoms with Crippen LogP contribution in [0.15, 0.2) is 115 Å². The first-order chi connectivity index (χ1) is 18.1. The lowest BCUT2D eigenvalue weighted by Crippen LogP contribution is -2.31. The van der Waals surface area contributed by atoms with Gasteiger partial charge >= 0.3 is 0 Å². The van der Waals surface area contributed by atoms with Gasteiger partial charge in [-0.15, -0.1) is 0 Å². The Hall–Kier alpha value is -4.18. The number of fused-ring (bicyclic) bond motifs is 1. The highest BCUT2D eigenvalue weighted by Gasteiger charge is 2.25. The van der Waals surface area contributed by atoms with Gasteiger partial charge in [-0.1, -0.05) is 91.0 Å². The number of benzene rings is 4. The standard InChI is InChI=1S/C33H31FN2O/c1-2-36-23-30(28-18-9-10-19-32(28)36)29(26-16-11-17-27(34)21-26)22-33(37)35-31(25-14-7-4-8-15-25)20-24-12-5-3-6-13-24/h3-19,21,23,29,31H,2,20,22H2,1H3,(H,35,37)/t29-,31-/m1/s1. The molecule has 4 heteroatoms. The summed E-state index contributed by atoms with van der Waals surface area (Å²) in [5, 5.41) is 4.39. The van der Waals surface area contributed by atoms with E-state index in [9.17, 15) is 9.18 Å². The molecule has 1 N–H and O–H groups in total. The zero-order valence-corrected chi connectivity index (χ0v) is 21.0. The van der Waals surface area contributed by atoms with Crippen LogP contribution in [0.3, 0.4) is 0 Å². The maximum Gasteiger partial charge on any atom is 0.221 e. The molecule has 0 bridgehead atoms. The number of hydrogen-bond donors (Lipinski definition) is 1. The minimum atomic E-state index is -0.298. The van der Waals surface area contributed by atoms with Gasteiger partial charge < -0.3 is 9.88 Å². The van der Waals surface area contributed by atoms with E-state index in [4.69, 9.17) is 0 Å². The third-order valence-electron chi connectivity index (χ3n) is 7.00. The number of nitrogens with zero attached hydrogens (tertiary/aromatic N) is 1. The van der Waals surface area contributed by atoms with E-state index in [1.54, 1.807) is 12.1 Å². The van der Waals surface area contributed by atoms with E-state index in [1.165, 1.54) is 6.07 Å². The number of carbonyl (C=O) groups is 1. The fourth-order valence-corrected chi connectivity index (χ4v) is 5.17. The SMILES string of the molecule is CCn1cc([C@H](CC(=O)N[C@H](Cc2ccccc2)c2ccccc2)c2cccc(F)c2)c2ccccc21. The van der Waals surface area contributed by atoms with Crippen LogP contribution in [0.1, 0.15) is 47.6 Å². The monoisotopic (exact) mass is 490 g/mol. The van der Waals surface area contributed by atoms with Crippen LogP contribution in [0, 0.1) is 5.82 Å². The molecule has 0 aliphatic carbocycles. The second-order valence-corrected chi connectivity index (χ2v) is 9.42.